The number of unbranched alkanes of at least 4 members (excludes halogenated alkanes) is 1. The van der Waals surface area contributed by atoms with Crippen LogP contribution in [-0.4, -0.2) is 53.2 Å². The van der Waals surface area contributed by atoms with Crippen molar-refractivity contribution >= 4 is 5.97 Å². The van der Waals surface area contributed by atoms with E-state index < -0.39 is 0 Å². The van der Waals surface area contributed by atoms with Crippen LogP contribution in [0.3, 0.4) is 0 Å². The number of aromatic nitrogens is 2. The lowest BCUT2D eigenvalue weighted by Gasteiger charge is -2.27. The predicted molar refractivity (Wildman–Crippen MR) is 135 cm³/mol. The Morgan fingerprint density at radius 2 is 2.03 bits per heavy atom. The van der Waals surface area contributed by atoms with Gasteiger partial charge in [-0.15, -0.1) is 0 Å². The first-order chi connectivity index (χ1) is 17.2. The summed E-state index contributed by atoms with van der Waals surface area (Å²) in [7, 11) is 0. The zero-order valence-electron chi connectivity index (χ0n) is 21.1. The van der Waals surface area contributed by atoms with E-state index in [2.05, 4.69) is 28.1 Å². The Labute approximate surface area is 209 Å². The Balaban J connectivity index is 1.11. The highest BCUT2D eigenvalue weighted by atomic mass is 16.5. The van der Waals surface area contributed by atoms with Crippen LogP contribution in [0.2, 0.25) is 0 Å². The lowest BCUT2D eigenvalue weighted by atomic mass is 9.95. The van der Waals surface area contributed by atoms with Crippen molar-refractivity contribution in [3.05, 3.63) is 58.7 Å². The van der Waals surface area contributed by atoms with E-state index in [1.54, 1.807) is 0 Å². The number of esters is 1. The van der Waals surface area contributed by atoms with Crippen LogP contribution in [-0.2, 0) is 33.5 Å². The van der Waals surface area contributed by atoms with Crippen molar-refractivity contribution in [1.29, 1.82) is 0 Å². The summed E-state index contributed by atoms with van der Waals surface area (Å²) < 4.78 is 11.7. The second-order valence-electron chi connectivity index (χ2n) is 10.3. The molecule has 6 nitrogen and oxygen atoms in total. The number of nitrogens with zero attached hydrogens (tertiary/aromatic N) is 3. The first-order valence-electron chi connectivity index (χ1n) is 13.7. The van der Waals surface area contributed by atoms with Gasteiger partial charge in [-0.05, 0) is 88.8 Å². The lowest BCUT2D eigenvalue weighted by molar-refractivity contribution is -0.149. The minimum Gasteiger partial charge on any atom is -0.465 e. The zero-order chi connectivity index (χ0) is 24.0. The molecule has 3 heterocycles. The molecule has 35 heavy (non-hydrogen) atoms. The molecule has 1 saturated heterocycles. The standard InChI is InChI=1S/C29H39N3O3/c1-2-34-29(33)28(25-10-7-17-30-27(25)22-12-13-22)32-18-16-24(20-32)35-19-6-5-9-23-15-14-21-8-3-4-11-26(21)31-23/h7,10,14-15,17,22,24,28H,2-6,8-9,11-13,16,18-20H2,1H3/t24-,28?/m1/s1. The van der Waals surface area contributed by atoms with E-state index in [1.807, 2.05) is 19.2 Å². The van der Waals surface area contributed by atoms with Crippen molar-refractivity contribution in [1.82, 2.24) is 14.9 Å². The van der Waals surface area contributed by atoms with Crippen LogP contribution >= 0.6 is 0 Å². The van der Waals surface area contributed by atoms with Gasteiger partial charge in [0.15, 0.2) is 0 Å². The fourth-order valence-electron chi connectivity index (χ4n) is 5.60. The number of likely N-dealkylation sites (tertiary alicyclic amines) is 1. The molecule has 2 aromatic rings. The molecule has 188 valence electrons. The van der Waals surface area contributed by atoms with Gasteiger partial charge in [-0.25, -0.2) is 4.79 Å². The molecule has 5 rings (SSSR count). The van der Waals surface area contributed by atoms with E-state index in [0.717, 1.165) is 75.9 Å². The molecule has 0 N–H and O–H groups in total. The lowest BCUT2D eigenvalue weighted by Crippen LogP contribution is -2.35. The quantitative estimate of drug-likeness (QED) is 0.337. The number of ether oxygens (including phenoxy) is 2. The summed E-state index contributed by atoms with van der Waals surface area (Å²) in [5.74, 6) is 0.322. The molecule has 6 heteroatoms. The topological polar surface area (TPSA) is 64.5 Å². The SMILES string of the molecule is CCOC(=O)C(c1cccnc1C1CC1)N1CC[C@@H](OCCCCc2ccc3c(n2)CCCC3)C1. The van der Waals surface area contributed by atoms with E-state index in [9.17, 15) is 4.79 Å². The Hall–Kier alpha value is -2.31. The third-order valence-electron chi connectivity index (χ3n) is 7.60. The van der Waals surface area contributed by atoms with E-state index in [4.69, 9.17) is 14.5 Å². The number of fused-ring (bicyclic) bond motifs is 1. The average Bonchev–Trinajstić information content (AvgIpc) is 3.63. The van der Waals surface area contributed by atoms with Crippen molar-refractivity contribution in [3.63, 3.8) is 0 Å². The van der Waals surface area contributed by atoms with Crippen LogP contribution < -0.4 is 0 Å². The Morgan fingerprint density at radius 3 is 2.89 bits per heavy atom. The number of hydrogen-bond donors (Lipinski definition) is 0. The molecule has 1 unspecified atom stereocenters. The third kappa shape index (κ3) is 6.10. The minimum atomic E-state index is -0.386. The van der Waals surface area contributed by atoms with Crippen molar-refractivity contribution in [3.8, 4) is 0 Å². The molecular formula is C29H39N3O3. The molecule has 1 aliphatic heterocycles. The highest BCUT2D eigenvalue weighted by molar-refractivity contribution is 5.78. The van der Waals surface area contributed by atoms with Crippen LogP contribution in [0.4, 0.5) is 0 Å². The zero-order valence-corrected chi connectivity index (χ0v) is 21.1. The van der Waals surface area contributed by atoms with Crippen molar-refractivity contribution in [2.24, 2.45) is 0 Å². The highest BCUT2D eigenvalue weighted by Gasteiger charge is 2.39. The van der Waals surface area contributed by atoms with Crippen molar-refractivity contribution < 1.29 is 14.3 Å². The summed E-state index contributed by atoms with van der Waals surface area (Å²) in [6, 6.07) is 8.11. The van der Waals surface area contributed by atoms with Gasteiger partial charge in [0.2, 0.25) is 0 Å². The molecular weight excluding hydrogens is 438 g/mol. The molecule has 2 aliphatic carbocycles. The van der Waals surface area contributed by atoms with Gasteiger partial charge in [-0.3, -0.25) is 14.9 Å². The predicted octanol–water partition coefficient (Wildman–Crippen LogP) is 4.95. The highest BCUT2D eigenvalue weighted by Crippen LogP contribution is 2.43. The molecule has 2 aromatic heterocycles. The summed E-state index contributed by atoms with van der Waals surface area (Å²) in [5.41, 5.74) is 6.09. The van der Waals surface area contributed by atoms with Gasteiger partial charge in [-0.2, -0.15) is 0 Å². The maximum atomic E-state index is 13.0. The minimum absolute atomic E-state index is 0.162. The summed E-state index contributed by atoms with van der Waals surface area (Å²) in [5, 5.41) is 0. The van der Waals surface area contributed by atoms with Gasteiger partial charge >= 0.3 is 5.97 Å². The van der Waals surface area contributed by atoms with Gasteiger partial charge in [0, 0.05) is 54.5 Å². The van der Waals surface area contributed by atoms with E-state index in [1.165, 1.54) is 36.2 Å². The number of carbonyl (C=O) groups excluding carboxylic acids is 1. The van der Waals surface area contributed by atoms with Gasteiger partial charge in [-0.1, -0.05) is 12.1 Å². The van der Waals surface area contributed by atoms with Crippen LogP contribution in [0, 0.1) is 0 Å². The largest absolute Gasteiger partial charge is 0.465 e. The third-order valence-corrected chi connectivity index (χ3v) is 7.60. The molecule has 0 amide bonds. The van der Waals surface area contributed by atoms with Crippen LogP contribution in [0.15, 0.2) is 30.5 Å². The smallest absolute Gasteiger partial charge is 0.328 e. The fraction of sp³-hybridized carbons (Fsp3) is 0.621. The molecule has 1 saturated carbocycles. The molecule has 0 bridgehead atoms. The Kier molecular flexibility index (Phi) is 8.09. The van der Waals surface area contributed by atoms with E-state index in [-0.39, 0.29) is 18.1 Å². The number of pyridine rings is 2. The molecule has 2 atom stereocenters. The summed E-state index contributed by atoms with van der Waals surface area (Å²) >= 11 is 0. The van der Waals surface area contributed by atoms with Gasteiger partial charge in [0.05, 0.1) is 12.7 Å². The molecule has 2 fully saturated rings. The number of hydrogen-bond acceptors (Lipinski definition) is 6. The normalized spacial score (nSPS) is 21.0. The van der Waals surface area contributed by atoms with Crippen molar-refractivity contribution in [2.45, 2.75) is 89.2 Å². The van der Waals surface area contributed by atoms with Crippen LogP contribution in [0.5, 0.6) is 0 Å². The maximum Gasteiger partial charge on any atom is 0.328 e. The number of carbonyl (C=O) groups is 1. The van der Waals surface area contributed by atoms with Crippen LogP contribution in [0.1, 0.15) is 92.0 Å². The summed E-state index contributed by atoms with van der Waals surface area (Å²) in [6.07, 6.45) is 13.3. The first kappa shape index (κ1) is 24.4. The molecule has 0 spiro atoms. The van der Waals surface area contributed by atoms with E-state index in [0.29, 0.717) is 12.5 Å². The van der Waals surface area contributed by atoms with Crippen LogP contribution in [0.25, 0.3) is 0 Å². The molecule has 0 aromatic carbocycles. The monoisotopic (exact) mass is 477 g/mol. The number of aryl methyl sites for hydroxylation is 3. The second-order valence-corrected chi connectivity index (χ2v) is 10.3. The Morgan fingerprint density at radius 1 is 1.14 bits per heavy atom. The van der Waals surface area contributed by atoms with E-state index >= 15 is 0 Å². The molecule has 0 radical (unpaired) electrons. The number of rotatable bonds is 11. The molecule has 3 aliphatic rings. The Bertz CT molecular complexity index is 1010. The van der Waals surface area contributed by atoms with Crippen molar-refractivity contribution in [2.75, 3.05) is 26.3 Å². The first-order valence-corrected chi connectivity index (χ1v) is 13.7. The average molecular weight is 478 g/mol. The summed E-state index contributed by atoms with van der Waals surface area (Å²) in [4.78, 5) is 24.8. The second kappa shape index (κ2) is 11.6. The van der Waals surface area contributed by atoms with Gasteiger partial charge < -0.3 is 9.47 Å². The van der Waals surface area contributed by atoms with Gasteiger partial charge in [0.1, 0.15) is 6.04 Å². The summed E-state index contributed by atoms with van der Waals surface area (Å²) in [6.45, 7) is 4.62. The fourth-order valence-corrected chi connectivity index (χ4v) is 5.60. The maximum absolute atomic E-state index is 13.0. The van der Waals surface area contributed by atoms with Gasteiger partial charge in [0.25, 0.3) is 0 Å².